The average molecular weight is 286 g/mol. The first-order chi connectivity index (χ1) is 9.24. The highest BCUT2D eigenvalue weighted by Crippen LogP contribution is 2.07. The van der Waals surface area contributed by atoms with Crippen molar-refractivity contribution in [2.24, 2.45) is 0 Å². The van der Waals surface area contributed by atoms with Gasteiger partial charge in [-0.05, 0) is 12.8 Å². The molecule has 20 heavy (non-hydrogen) atoms. The Labute approximate surface area is 121 Å². The standard InChI is InChI=1S/C15H27NO4/c1-5-6-7-8-9-10-15(19)20-13(11-14(17)18)12-16(2,3)4/h7-8,13H,5-6,9-12H2,1-4H3/p+1/b8-7+. The Hall–Kier alpha value is -1.36. The van der Waals surface area contributed by atoms with Gasteiger partial charge < -0.3 is 14.3 Å². The van der Waals surface area contributed by atoms with Crippen LogP contribution in [0.1, 0.15) is 39.0 Å². The number of carboxylic acids is 1. The first-order valence-electron chi connectivity index (χ1n) is 7.11. The Bertz CT molecular complexity index is 331. The van der Waals surface area contributed by atoms with E-state index in [9.17, 15) is 9.59 Å². The second-order valence-corrected chi connectivity index (χ2v) is 5.98. The molecule has 0 spiro atoms. The van der Waals surface area contributed by atoms with E-state index in [4.69, 9.17) is 9.84 Å². The third kappa shape index (κ3) is 11.7. The Balaban J connectivity index is 4.21. The summed E-state index contributed by atoms with van der Waals surface area (Å²) < 4.78 is 5.83. The van der Waals surface area contributed by atoms with Crippen LogP contribution in [0.2, 0.25) is 0 Å². The Morgan fingerprint density at radius 2 is 1.80 bits per heavy atom. The molecule has 1 unspecified atom stereocenters. The van der Waals surface area contributed by atoms with Crippen LogP contribution >= 0.6 is 0 Å². The molecular formula is C15H28NO4+. The number of unbranched alkanes of at least 4 members (excludes halogenated alkanes) is 1. The lowest BCUT2D eigenvalue weighted by Crippen LogP contribution is -2.43. The van der Waals surface area contributed by atoms with Crippen LogP contribution in [0.15, 0.2) is 12.2 Å². The van der Waals surface area contributed by atoms with Gasteiger partial charge in [-0.3, -0.25) is 9.59 Å². The number of hydrogen-bond acceptors (Lipinski definition) is 3. The van der Waals surface area contributed by atoms with E-state index in [1.165, 1.54) is 0 Å². The van der Waals surface area contributed by atoms with Gasteiger partial charge in [0.05, 0.1) is 27.6 Å². The average Bonchev–Trinajstić information content (AvgIpc) is 2.25. The maximum Gasteiger partial charge on any atom is 0.307 e. The van der Waals surface area contributed by atoms with Crippen LogP contribution in [0.25, 0.3) is 0 Å². The molecule has 5 heteroatoms. The molecule has 0 bridgehead atoms. The zero-order valence-corrected chi connectivity index (χ0v) is 13.1. The van der Waals surface area contributed by atoms with E-state index in [0.29, 0.717) is 23.9 Å². The number of likely N-dealkylation sites (N-methyl/N-ethyl adjacent to an activating group) is 1. The van der Waals surface area contributed by atoms with Gasteiger partial charge >= 0.3 is 11.9 Å². The molecule has 0 saturated heterocycles. The molecule has 0 radical (unpaired) electrons. The number of carbonyl (C=O) groups is 2. The molecule has 0 aliphatic rings. The van der Waals surface area contributed by atoms with E-state index in [0.717, 1.165) is 12.8 Å². The van der Waals surface area contributed by atoms with Crippen molar-refractivity contribution in [2.75, 3.05) is 27.7 Å². The smallest absolute Gasteiger partial charge is 0.307 e. The summed E-state index contributed by atoms with van der Waals surface area (Å²) in [6.45, 7) is 2.59. The summed E-state index contributed by atoms with van der Waals surface area (Å²) >= 11 is 0. The van der Waals surface area contributed by atoms with Gasteiger partial charge in [-0.15, -0.1) is 0 Å². The summed E-state index contributed by atoms with van der Waals surface area (Å²) in [5.74, 6) is -1.27. The van der Waals surface area contributed by atoms with Crippen LogP contribution in [0.5, 0.6) is 0 Å². The lowest BCUT2D eigenvalue weighted by atomic mass is 10.2. The summed E-state index contributed by atoms with van der Waals surface area (Å²) in [6, 6.07) is 0. The van der Waals surface area contributed by atoms with Crippen molar-refractivity contribution < 1.29 is 23.9 Å². The molecule has 5 nitrogen and oxygen atoms in total. The second-order valence-electron chi connectivity index (χ2n) is 5.98. The van der Waals surface area contributed by atoms with Crippen LogP contribution in [0, 0.1) is 0 Å². The quantitative estimate of drug-likeness (QED) is 0.380. The van der Waals surface area contributed by atoms with Crippen LogP contribution in [-0.2, 0) is 14.3 Å². The van der Waals surface area contributed by atoms with Crippen LogP contribution < -0.4 is 0 Å². The van der Waals surface area contributed by atoms with Crippen LogP contribution in [0.4, 0.5) is 0 Å². The predicted octanol–water partition coefficient (Wildman–Crippen LogP) is 2.22. The van der Waals surface area contributed by atoms with Gasteiger partial charge in [-0.2, -0.15) is 0 Å². The fourth-order valence-electron chi connectivity index (χ4n) is 1.80. The lowest BCUT2D eigenvalue weighted by molar-refractivity contribution is -0.873. The van der Waals surface area contributed by atoms with Gasteiger partial charge in [0.2, 0.25) is 0 Å². The van der Waals surface area contributed by atoms with Gasteiger partial charge in [0.25, 0.3) is 0 Å². The molecule has 0 fully saturated rings. The number of rotatable bonds is 10. The van der Waals surface area contributed by atoms with Crippen molar-refractivity contribution in [1.82, 2.24) is 0 Å². The first-order valence-corrected chi connectivity index (χ1v) is 7.11. The van der Waals surface area contributed by atoms with Crippen LogP contribution in [0.3, 0.4) is 0 Å². The van der Waals surface area contributed by atoms with Crippen molar-refractivity contribution in [1.29, 1.82) is 0 Å². The number of aliphatic carboxylic acids is 1. The number of quaternary nitrogens is 1. The summed E-state index contributed by atoms with van der Waals surface area (Å²) in [5, 5.41) is 8.86. The van der Waals surface area contributed by atoms with Gasteiger partial charge in [0.15, 0.2) is 6.10 Å². The minimum atomic E-state index is -0.945. The first kappa shape index (κ1) is 18.6. The number of hydrogen-bond donors (Lipinski definition) is 1. The van der Waals surface area contributed by atoms with E-state index >= 15 is 0 Å². The van der Waals surface area contributed by atoms with Gasteiger partial charge in [-0.1, -0.05) is 25.5 Å². The highest BCUT2D eigenvalue weighted by atomic mass is 16.5. The molecule has 0 aliphatic carbocycles. The summed E-state index contributed by atoms with van der Waals surface area (Å²) in [6.07, 6.45) is 6.34. The predicted molar refractivity (Wildman–Crippen MR) is 78.3 cm³/mol. The van der Waals surface area contributed by atoms with Gasteiger partial charge in [0, 0.05) is 6.42 Å². The summed E-state index contributed by atoms with van der Waals surface area (Å²) in [4.78, 5) is 22.5. The maximum atomic E-state index is 11.7. The fraction of sp³-hybridized carbons (Fsp3) is 0.733. The van der Waals surface area contributed by atoms with E-state index in [1.54, 1.807) is 0 Å². The van der Waals surface area contributed by atoms with Crippen molar-refractivity contribution >= 4 is 11.9 Å². The molecule has 0 aliphatic heterocycles. The van der Waals surface area contributed by atoms with E-state index in [1.807, 2.05) is 33.3 Å². The number of allylic oxidation sites excluding steroid dienone is 2. The Kier molecular flexibility index (Phi) is 8.88. The topological polar surface area (TPSA) is 63.6 Å². The number of carboxylic acid groups (broad SMARTS) is 1. The molecule has 0 heterocycles. The third-order valence-electron chi connectivity index (χ3n) is 2.59. The van der Waals surface area contributed by atoms with E-state index in [2.05, 4.69) is 6.92 Å². The van der Waals surface area contributed by atoms with Gasteiger partial charge in [0.1, 0.15) is 6.54 Å². The molecule has 116 valence electrons. The highest BCUT2D eigenvalue weighted by molar-refractivity contribution is 5.71. The summed E-state index contributed by atoms with van der Waals surface area (Å²) in [7, 11) is 5.82. The Morgan fingerprint density at radius 3 is 2.30 bits per heavy atom. The number of esters is 1. The zero-order chi connectivity index (χ0) is 15.6. The second kappa shape index (κ2) is 9.53. The van der Waals surface area contributed by atoms with E-state index < -0.39 is 12.1 Å². The molecule has 0 aromatic heterocycles. The minimum Gasteiger partial charge on any atom is -0.481 e. The van der Waals surface area contributed by atoms with Crippen molar-refractivity contribution in [3.63, 3.8) is 0 Å². The lowest BCUT2D eigenvalue weighted by Gasteiger charge is -2.28. The molecule has 1 atom stereocenters. The third-order valence-corrected chi connectivity index (χ3v) is 2.59. The van der Waals surface area contributed by atoms with Crippen molar-refractivity contribution in [3.05, 3.63) is 12.2 Å². The molecular weight excluding hydrogens is 258 g/mol. The normalized spacial score (nSPS) is 13.4. The summed E-state index contributed by atoms with van der Waals surface area (Å²) in [5.41, 5.74) is 0. The van der Waals surface area contributed by atoms with E-state index in [-0.39, 0.29) is 12.4 Å². The molecule has 0 rings (SSSR count). The molecule has 0 aromatic carbocycles. The maximum absolute atomic E-state index is 11.7. The largest absolute Gasteiger partial charge is 0.481 e. The van der Waals surface area contributed by atoms with Gasteiger partial charge in [-0.25, -0.2) is 0 Å². The fourth-order valence-corrected chi connectivity index (χ4v) is 1.80. The van der Waals surface area contributed by atoms with Crippen molar-refractivity contribution in [2.45, 2.75) is 45.1 Å². The molecule has 0 saturated carbocycles. The Morgan fingerprint density at radius 1 is 1.20 bits per heavy atom. The molecule has 0 amide bonds. The van der Waals surface area contributed by atoms with Crippen LogP contribution in [-0.4, -0.2) is 55.3 Å². The highest BCUT2D eigenvalue weighted by Gasteiger charge is 2.24. The number of carbonyl (C=O) groups excluding carboxylic acids is 1. The number of ether oxygens (including phenoxy) is 1. The zero-order valence-electron chi connectivity index (χ0n) is 13.1. The minimum absolute atomic E-state index is 0.146. The molecule has 1 N–H and O–H groups in total. The monoisotopic (exact) mass is 286 g/mol. The van der Waals surface area contributed by atoms with Crippen molar-refractivity contribution in [3.8, 4) is 0 Å². The molecule has 0 aromatic rings. The SMILES string of the molecule is CCC/C=C/CCC(=O)OC(CC(=O)O)C[N+](C)(C)C. The number of nitrogens with zero attached hydrogens (tertiary/aromatic N) is 1.